The number of nitrogens with zero attached hydrogens (tertiary/aromatic N) is 4. The molecule has 0 aliphatic carbocycles. The number of carbonyl (C=O) groups excluding carboxylic acids is 2. The Morgan fingerprint density at radius 3 is 2.43 bits per heavy atom. The van der Waals surface area contributed by atoms with Gasteiger partial charge in [0.25, 0.3) is 5.91 Å². The van der Waals surface area contributed by atoms with Gasteiger partial charge in [0, 0.05) is 18.0 Å². The summed E-state index contributed by atoms with van der Waals surface area (Å²) in [6.07, 6.45) is 0. The zero-order chi connectivity index (χ0) is 20.8. The molecule has 0 aliphatic heterocycles. The van der Waals surface area contributed by atoms with E-state index in [-0.39, 0.29) is 23.1 Å². The molecule has 0 saturated carbocycles. The molecule has 0 aliphatic rings. The van der Waals surface area contributed by atoms with Crippen LogP contribution in [0.2, 0.25) is 0 Å². The Morgan fingerprint density at radius 1 is 1.21 bits per heavy atom. The summed E-state index contributed by atoms with van der Waals surface area (Å²) in [6, 6.07) is 1.82. The average Bonchev–Trinajstić information content (AvgIpc) is 3.18. The van der Waals surface area contributed by atoms with Gasteiger partial charge < -0.3 is 0 Å². The minimum atomic E-state index is -0.282. The summed E-state index contributed by atoms with van der Waals surface area (Å²) in [5.74, 6) is -0.258. The Morgan fingerprint density at radius 2 is 1.89 bits per heavy atom. The smallest absolute Gasteiger partial charge is 0.258 e. The van der Waals surface area contributed by atoms with Gasteiger partial charge in [-0.1, -0.05) is 13.8 Å². The lowest BCUT2D eigenvalue weighted by molar-refractivity contribution is 0.100. The number of nitrogens with one attached hydrogen (secondary N) is 1. The van der Waals surface area contributed by atoms with Crippen LogP contribution in [0.4, 0.5) is 5.13 Å². The zero-order valence-corrected chi connectivity index (χ0v) is 18.1. The van der Waals surface area contributed by atoms with Gasteiger partial charge in [0.05, 0.1) is 22.2 Å². The number of aryl methyl sites for hydroxylation is 1. The Labute approximate surface area is 168 Å². The van der Waals surface area contributed by atoms with E-state index in [1.54, 1.807) is 5.38 Å². The maximum Gasteiger partial charge on any atom is 0.258 e. The number of Topliss-reactive ketones (excluding diaryl/α,β-unsaturated/α-hetero) is 1. The highest BCUT2D eigenvalue weighted by atomic mass is 32.1. The number of hydrogen-bond donors (Lipinski definition) is 1. The molecule has 28 heavy (non-hydrogen) atoms. The topological polar surface area (TPSA) is 89.8 Å². The number of anilines is 1. The molecule has 0 atom stereocenters. The van der Waals surface area contributed by atoms with Crippen molar-refractivity contribution in [3.63, 3.8) is 0 Å². The summed E-state index contributed by atoms with van der Waals surface area (Å²) < 4.78 is 1.87. The first-order valence-electron chi connectivity index (χ1n) is 9.17. The minimum Gasteiger partial charge on any atom is -0.298 e. The lowest BCUT2D eigenvalue weighted by Gasteiger charge is -2.20. The summed E-state index contributed by atoms with van der Waals surface area (Å²) in [5.41, 5.74) is 2.87. The summed E-state index contributed by atoms with van der Waals surface area (Å²) >= 11 is 1.23. The number of rotatable bonds is 4. The number of carbonyl (C=O) groups is 2. The molecule has 0 spiro atoms. The second-order valence-electron chi connectivity index (χ2n) is 8.16. The molecule has 1 N–H and O–H groups in total. The largest absolute Gasteiger partial charge is 0.298 e. The van der Waals surface area contributed by atoms with Crippen molar-refractivity contribution in [2.24, 2.45) is 0 Å². The van der Waals surface area contributed by atoms with Crippen molar-refractivity contribution in [3.05, 3.63) is 34.1 Å². The molecule has 3 rings (SSSR count). The number of aromatic nitrogens is 4. The van der Waals surface area contributed by atoms with E-state index >= 15 is 0 Å². The molecule has 0 fully saturated rings. The molecule has 0 aromatic carbocycles. The molecule has 0 saturated heterocycles. The molecule has 1 amide bonds. The molecule has 3 aromatic rings. The molecule has 3 heterocycles. The first-order valence-corrected chi connectivity index (χ1v) is 10.1. The van der Waals surface area contributed by atoms with Gasteiger partial charge in [-0.2, -0.15) is 5.10 Å². The van der Waals surface area contributed by atoms with Gasteiger partial charge in [0.1, 0.15) is 5.69 Å². The standard InChI is InChI=1S/C20H25N5O2S/c1-10(2)14-8-13(18(27)23-19-22-15(9-28-19)12(4)26)16-11(3)24-25(17(16)21-14)20(5,6)7/h8-10H,1-7H3,(H,22,23,27). The molecule has 8 heteroatoms. The zero-order valence-electron chi connectivity index (χ0n) is 17.2. The van der Waals surface area contributed by atoms with Crippen LogP contribution < -0.4 is 5.32 Å². The minimum absolute atomic E-state index is 0.132. The van der Waals surface area contributed by atoms with Crippen molar-refractivity contribution >= 4 is 39.2 Å². The highest BCUT2D eigenvalue weighted by Crippen LogP contribution is 2.29. The summed E-state index contributed by atoms with van der Waals surface area (Å²) in [4.78, 5) is 33.5. The van der Waals surface area contributed by atoms with E-state index < -0.39 is 0 Å². The Kier molecular flexibility index (Phi) is 5.10. The fourth-order valence-corrected chi connectivity index (χ4v) is 3.65. The number of fused-ring (bicyclic) bond motifs is 1. The molecule has 148 valence electrons. The quantitative estimate of drug-likeness (QED) is 0.651. The molecule has 3 aromatic heterocycles. The first kappa shape index (κ1) is 20.1. The molecular formula is C20H25N5O2S. The molecule has 0 unspecified atom stereocenters. The van der Waals surface area contributed by atoms with Gasteiger partial charge in [-0.05, 0) is 39.7 Å². The van der Waals surface area contributed by atoms with Gasteiger partial charge in [-0.25, -0.2) is 14.6 Å². The van der Waals surface area contributed by atoms with E-state index in [0.29, 0.717) is 22.0 Å². The van der Waals surface area contributed by atoms with Crippen LogP contribution in [0.1, 0.15) is 79.7 Å². The average molecular weight is 400 g/mol. The van der Waals surface area contributed by atoms with Crippen LogP contribution in [0.3, 0.4) is 0 Å². The summed E-state index contributed by atoms with van der Waals surface area (Å²) in [7, 11) is 0. The Hall–Kier alpha value is -2.61. The lowest BCUT2D eigenvalue weighted by Crippen LogP contribution is -2.24. The van der Waals surface area contributed by atoms with Crippen molar-refractivity contribution < 1.29 is 9.59 Å². The van der Waals surface area contributed by atoms with Crippen LogP contribution in [0.25, 0.3) is 11.0 Å². The third-order valence-electron chi connectivity index (χ3n) is 4.39. The predicted octanol–water partition coefficient (Wildman–Crippen LogP) is 4.53. The SMILES string of the molecule is CC(=O)c1csc(NC(=O)c2cc(C(C)C)nc3c2c(C)nn3C(C)(C)C)n1. The number of amides is 1. The van der Waals surface area contributed by atoms with Gasteiger partial charge in [-0.3, -0.25) is 14.9 Å². The lowest BCUT2D eigenvalue weighted by atomic mass is 10.0. The van der Waals surface area contributed by atoms with Crippen molar-refractivity contribution in [1.82, 2.24) is 19.7 Å². The monoisotopic (exact) mass is 399 g/mol. The molecule has 7 nitrogen and oxygen atoms in total. The second-order valence-corrected chi connectivity index (χ2v) is 9.02. The van der Waals surface area contributed by atoms with Gasteiger partial charge in [-0.15, -0.1) is 11.3 Å². The highest BCUT2D eigenvalue weighted by molar-refractivity contribution is 7.14. The van der Waals surface area contributed by atoms with Gasteiger partial charge in [0.2, 0.25) is 0 Å². The molecule has 0 bridgehead atoms. The van der Waals surface area contributed by atoms with Crippen LogP contribution in [-0.2, 0) is 5.54 Å². The normalized spacial score (nSPS) is 12.0. The van der Waals surface area contributed by atoms with E-state index in [0.717, 1.165) is 16.8 Å². The Bertz CT molecular complexity index is 1070. The van der Waals surface area contributed by atoms with Crippen molar-refractivity contribution in [3.8, 4) is 0 Å². The first-order chi connectivity index (χ1) is 13.0. The second kappa shape index (κ2) is 7.09. The molecule has 0 radical (unpaired) electrons. The third-order valence-corrected chi connectivity index (χ3v) is 5.15. The van der Waals surface area contributed by atoms with E-state index in [4.69, 9.17) is 4.98 Å². The maximum atomic E-state index is 13.1. The fraction of sp³-hybridized carbons (Fsp3) is 0.450. The molecular weight excluding hydrogens is 374 g/mol. The van der Waals surface area contributed by atoms with E-state index in [1.165, 1.54) is 18.3 Å². The highest BCUT2D eigenvalue weighted by Gasteiger charge is 2.25. The predicted molar refractivity (Wildman–Crippen MR) is 111 cm³/mol. The Balaban J connectivity index is 2.14. The van der Waals surface area contributed by atoms with Gasteiger partial charge in [0.15, 0.2) is 16.6 Å². The number of thiazole rings is 1. The number of ketones is 1. The number of pyridine rings is 1. The fourth-order valence-electron chi connectivity index (χ4n) is 2.91. The third kappa shape index (κ3) is 3.69. The van der Waals surface area contributed by atoms with Crippen molar-refractivity contribution in [2.45, 2.75) is 59.9 Å². The van der Waals surface area contributed by atoms with Crippen LogP contribution in [-0.4, -0.2) is 31.4 Å². The van der Waals surface area contributed by atoms with Crippen LogP contribution in [0.15, 0.2) is 11.4 Å². The maximum absolute atomic E-state index is 13.1. The van der Waals surface area contributed by atoms with E-state index in [2.05, 4.69) is 36.2 Å². The van der Waals surface area contributed by atoms with Crippen molar-refractivity contribution in [2.75, 3.05) is 5.32 Å². The van der Waals surface area contributed by atoms with Crippen molar-refractivity contribution in [1.29, 1.82) is 0 Å². The summed E-state index contributed by atoms with van der Waals surface area (Å²) in [6.45, 7) is 13.6. The van der Waals surface area contributed by atoms with Crippen LogP contribution >= 0.6 is 11.3 Å². The van der Waals surface area contributed by atoms with Gasteiger partial charge >= 0.3 is 0 Å². The van der Waals surface area contributed by atoms with Crippen LogP contribution in [0.5, 0.6) is 0 Å². The van der Waals surface area contributed by atoms with E-state index in [1.807, 2.05) is 31.5 Å². The van der Waals surface area contributed by atoms with Crippen LogP contribution in [0, 0.1) is 6.92 Å². The summed E-state index contributed by atoms with van der Waals surface area (Å²) in [5, 5.41) is 10.2. The number of hydrogen-bond acceptors (Lipinski definition) is 6. The van der Waals surface area contributed by atoms with E-state index in [9.17, 15) is 9.59 Å².